The number of sulfonamides is 1. The number of nitrogens with zero attached hydrogens (tertiary/aromatic N) is 1. The first-order valence-electron chi connectivity index (χ1n) is 5.34. The summed E-state index contributed by atoms with van der Waals surface area (Å²) in [5.74, 6) is -0.989. The fraction of sp³-hybridized carbons (Fsp3) is 0.556. The first-order valence-corrected chi connectivity index (χ1v) is 6.99. The number of nitrogen functional groups attached to an aromatic ring is 1. The zero-order valence-electron chi connectivity index (χ0n) is 10.2. The standard InChI is InChI=1S/C9H16N4O4S/c1-3-4-5-18(15,16)13-8-6(9(14)17-2)7(10)11-12-8/h3-5H2,1-2H3,(H4,10,11,12,13). The second-order valence-corrected chi connectivity index (χ2v) is 5.47. The molecule has 1 heterocycles. The normalized spacial score (nSPS) is 11.2. The van der Waals surface area contributed by atoms with Crippen molar-refractivity contribution >= 4 is 27.6 Å². The third-order valence-corrected chi connectivity index (χ3v) is 3.53. The monoisotopic (exact) mass is 276 g/mol. The number of ether oxygens (including phenoxy) is 1. The van der Waals surface area contributed by atoms with Gasteiger partial charge in [0.2, 0.25) is 10.0 Å². The van der Waals surface area contributed by atoms with E-state index >= 15 is 0 Å². The van der Waals surface area contributed by atoms with Gasteiger partial charge in [0, 0.05) is 0 Å². The molecule has 102 valence electrons. The number of anilines is 2. The molecule has 18 heavy (non-hydrogen) atoms. The number of H-pyrrole nitrogens is 1. The maximum atomic E-state index is 11.7. The Morgan fingerprint density at radius 3 is 2.78 bits per heavy atom. The number of nitrogens with one attached hydrogen (secondary N) is 2. The Kier molecular flexibility index (Phi) is 4.54. The SMILES string of the molecule is CCCCS(=O)(=O)Nc1n[nH]c(N)c1C(=O)OC. The summed E-state index contributed by atoms with van der Waals surface area (Å²) in [5.41, 5.74) is 5.37. The third-order valence-electron chi connectivity index (χ3n) is 2.20. The van der Waals surface area contributed by atoms with Crippen molar-refractivity contribution in [1.29, 1.82) is 0 Å². The fourth-order valence-electron chi connectivity index (χ4n) is 1.27. The molecule has 8 nitrogen and oxygen atoms in total. The van der Waals surface area contributed by atoms with Gasteiger partial charge in [-0.1, -0.05) is 13.3 Å². The minimum Gasteiger partial charge on any atom is -0.465 e. The van der Waals surface area contributed by atoms with Gasteiger partial charge >= 0.3 is 5.97 Å². The topological polar surface area (TPSA) is 127 Å². The number of carbonyl (C=O) groups excluding carboxylic acids is 1. The van der Waals surface area contributed by atoms with Crippen LogP contribution < -0.4 is 10.5 Å². The second kappa shape index (κ2) is 5.71. The molecule has 0 fully saturated rings. The van der Waals surface area contributed by atoms with Gasteiger partial charge in [-0.15, -0.1) is 0 Å². The highest BCUT2D eigenvalue weighted by Crippen LogP contribution is 2.20. The average Bonchev–Trinajstić information content (AvgIpc) is 2.66. The number of hydrogen-bond donors (Lipinski definition) is 3. The van der Waals surface area contributed by atoms with Crippen LogP contribution in [0.5, 0.6) is 0 Å². The van der Waals surface area contributed by atoms with E-state index in [4.69, 9.17) is 5.73 Å². The van der Waals surface area contributed by atoms with E-state index in [0.717, 1.165) is 6.42 Å². The highest BCUT2D eigenvalue weighted by atomic mass is 32.2. The van der Waals surface area contributed by atoms with Crippen molar-refractivity contribution in [3.05, 3.63) is 5.56 Å². The second-order valence-electron chi connectivity index (χ2n) is 3.63. The summed E-state index contributed by atoms with van der Waals surface area (Å²) >= 11 is 0. The van der Waals surface area contributed by atoms with Crippen LogP contribution in [0.4, 0.5) is 11.6 Å². The summed E-state index contributed by atoms with van der Waals surface area (Å²) in [6, 6.07) is 0. The molecule has 0 saturated heterocycles. The van der Waals surface area contributed by atoms with Crippen molar-refractivity contribution in [2.45, 2.75) is 19.8 Å². The number of aromatic nitrogens is 2. The lowest BCUT2D eigenvalue weighted by atomic mass is 10.3. The Labute approximate surface area is 105 Å². The van der Waals surface area contributed by atoms with E-state index in [0.29, 0.717) is 6.42 Å². The van der Waals surface area contributed by atoms with Gasteiger partial charge in [0.1, 0.15) is 11.4 Å². The molecule has 0 aromatic carbocycles. The van der Waals surface area contributed by atoms with E-state index in [-0.39, 0.29) is 23.0 Å². The largest absolute Gasteiger partial charge is 0.465 e. The predicted molar refractivity (Wildman–Crippen MR) is 66.7 cm³/mol. The van der Waals surface area contributed by atoms with Crippen LogP contribution in [-0.2, 0) is 14.8 Å². The molecule has 1 aromatic rings. The Balaban J connectivity index is 2.95. The van der Waals surface area contributed by atoms with Crippen molar-refractivity contribution in [1.82, 2.24) is 10.2 Å². The van der Waals surface area contributed by atoms with Gasteiger partial charge in [0.15, 0.2) is 5.82 Å². The molecular weight excluding hydrogens is 260 g/mol. The number of rotatable bonds is 6. The quantitative estimate of drug-likeness (QED) is 0.642. The Morgan fingerprint density at radius 1 is 1.56 bits per heavy atom. The molecule has 0 aliphatic carbocycles. The smallest absolute Gasteiger partial charge is 0.345 e. The van der Waals surface area contributed by atoms with Crippen molar-refractivity contribution in [3.8, 4) is 0 Å². The lowest BCUT2D eigenvalue weighted by Gasteiger charge is -2.06. The van der Waals surface area contributed by atoms with Crippen molar-refractivity contribution in [2.24, 2.45) is 0 Å². The van der Waals surface area contributed by atoms with E-state index in [1.807, 2.05) is 6.92 Å². The lowest BCUT2D eigenvalue weighted by Crippen LogP contribution is -2.19. The number of unbranched alkanes of at least 4 members (excludes halogenated alkanes) is 1. The maximum absolute atomic E-state index is 11.7. The van der Waals surface area contributed by atoms with E-state index in [1.165, 1.54) is 7.11 Å². The molecule has 0 atom stereocenters. The predicted octanol–water partition coefficient (Wildman–Crippen LogP) is 0.320. The number of aromatic amines is 1. The molecule has 0 aliphatic heterocycles. The van der Waals surface area contributed by atoms with Crippen LogP contribution in [0.3, 0.4) is 0 Å². The van der Waals surface area contributed by atoms with Crippen LogP contribution in [0.25, 0.3) is 0 Å². The molecule has 1 aromatic heterocycles. The Morgan fingerprint density at radius 2 is 2.22 bits per heavy atom. The molecule has 0 radical (unpaired) electrons. The van der Waals surface area contributed by atoms with Crippen LogP contribution >= 0.6 is 0 Å². The van der Waals surface area contributed by atoms with Gasteiger partial charge in [-0.3, -0.25) is 9.82 Å². The van der Waals surface area contributed by atoms with Gasteiger partial charge in [0.25, 0.3) is 0 Å². The molecule has 0 aliphatic rings. The van der Waals surface area contributed by atoms with Gasteiger partial charge in [-0.05, 0) is 6.42 Å². The first kappa shape index (κ1) is 14.3. The van der Waals surface area contributed by atoms with Gasteiger partial charge in [0.05, 0.1) is 12.9 Å². The molecule has 0 amide bonds. The number of esters is 1. The van der Waals surface area contributed by atoms with E-state index in [2.05, 4.69) is 19.7 Å². The van der Waals surface area contributed by atoms with Crippen molar-refractivity contribution < 1.29 is 17.9 Å². The van der Waals surface area contributed by atoms with Crippen LogP contribution in [-0.4, -0.2) is 37.4 Å². The molecule has 0 spiro atoms. The molecule has 9 heteroatoms. The summed E-state index contributed by atoms with van der Waals surface area (Å²) in [4.78, 5) is 11.4. The van der Waals surface area contributed by atoms with Crippen molar-refractivity contribution in [2.75, 3.05) is 23.3 Å². The van der Waals surface area contributed by atoms with Crippen molar-refractivity contribution in [3.63, 3.8) is 0 Å². The molecule has 0 saturated carbocycles. The highest BCUT2D eigenvalue weighted by molar-refractivity contribution is 7.92. The van der Waals surface area contributed by atoms with Gasteiger partial charge in [-0.2, -0.15) is 5.10 Å². The van der Waals surface area contributed by atoms with E-state index in [9.17, 15) is 13.2 Å². The van der Waals surface area contributed by atoms with E-state index in [1.54, 1.807) is 0 Å². The molecule has 1 rings (SSSR count). The number of methoxy groups -OCH3 is 1. The average molecular weight is 276 g/mol. The van der Waals surface area contributed by atoms with Crippen LogP contribution in [0.1, 0.15) is 30.1 Å². The molecule has 0 unspecified atom stereocenters. The molecule has 4 N–H and O–H groups in total. The minimum absolute atomic E-state index is 0.0448. The zero-order valence-corrected chi connectivity index (χ0v) is 11.0. The van der Waals surface area contributed by atoms with Gasteiger partial charge in [-0.25, -0.2) is 13.2 Å². The Hall–Kier alpha value is -1.77. The van der Waals surface area contributed by atoms with Crippen LogP contribution in [0.15, 0.2) is 0 Å². The summed E-state index contributed by atoms with van der Waals surface area (Å²) in [6.07, 6.45) is 1.26. The lowest BCUT2D eigenvalue weighted by molar-refractivity contribution is 0.0603. The van der Waals surface area contributed by atoms with Crippen LogP contribution in [0, 0.1) is 0 Å². The van der Waals surface area contributed by atoms with Gasteiger partial charge < -0.3 is 10.5 Å². The van der Waals surface area contributed by atoms with E-state index < -0.39 is 16.0 Å². The summed E-state index contributed by atoms with van der Waals surface area (Å²) in [5, 5.41) is 5.97. The number of carbonyl (C=O) groups is 1. The first-order chi connectivity index (χ1) is 8.41. The summed E-state index contributed by atoms with van der Waals surface area (Å²) in [6.45, 7) is 1.88. The third kappa shape index (κ3) is 3.36. The molecular formula is C9H16N4O4S. The summed E-state index contributed by atoms with van der Waals surface area (Å²) < 4.78 is 30.1. The Bertz CT molecular complexity index is 523. The number of hydrogen-bond acceptors (Lipinski definition) is 6. The fourth-order valence-corrected chi connectivity index (χ4v) is 2.48. The molecule has 0 bridgehead atoms. The minimum atomic E-state index is -3.54. The zero-order chi connectivity index (χ0) is 13.8. The highest BCUT2D eigenvalue weighted by Gasteiger charge is 2.23. The summed E-state index contributed by atoms with van der Waals surface area (Å²) in [7, 11) is -2.37. The maximum Gasteiger partial charge on any atom is 0.345 e. The number of nitrogens with two attached hydrogens (primary N) is 1. The van der Waals surface area contributed by atoms with Crippen LogP contribution in [0.2, 0.25) is 0 Å².